The molecule has 0 fully saturated rings. The van der Waals surface area contributed by atoms with Crippen molar-refractivity contribution in [3.63, 3.8) is 0 Å². The number of aromatic carboxylic acids is 2. The number of carboxylic acid groups (broad SMARTS) is 2. The van der Waals surface area contributed by atoms with Gasteiger partial charge in [0.25, 0.3) is 0 Å². The third kappa shape index (κ3) is 5.96. The molecule has 1 aromatic heterocycles. The Labute approximate surface area is 228 Å². The lowest BCUT2D eigenvalue weighted by Gasteiger charge is -2.11. The van der Waals surface area contributed by atoms with Gasteiger partial charge in [0.05, 0.1) is 11.1 Å². The maximum atomic E-state index is 14.4. The zero-order valence-electron chi connectivity index (χ0n) is 20.9. The number of nitrogens with two attached hydrogens (primary N) is 1. The van der Waals surface area contributed by atoms with E-state index in [-0.39, 0.29) is 51.8 Å². The number of aromatic hydroxyl groups is 1. The Morgan fingerprint density at radius 1 is 0.780 bits per heavy atom. The number of oxazole rings is 1. The number of hydrogen-bond acceptors (Lipinski definition) is 6. The average Bonchev–Trinajstić information content (AvgIpc) is 3.42. The monoisotopic (exact) mass is 568 g/mol. The van der Waals surface area contributed by atoms with Crippen LogP contribution in [0.25, 0.3) is 11.1 Å². The van der Waals surface area contributed by atoms with E-state index in [0.717, 1.165) is 12.5 Å². The molecule has 5 rings (SSSR count). The van der Waals surface area contributed by atoms with Crippen LogP contribution in [0.5, 0.6) is 5.75 Å². The predicted molar refractivity (Wildman–Crippen MR) is 139 cm³/mol. The Balaban J connectivity index is 0.000000189. The summed E-state index contributed by atoms with van der Waals surface area (Å²) in [5.74, 6) is -6.34. The van der Waals surface area contributed by atoms with Crippen LogP contribution in [0.15, 0.2) is 71.5 Å². The molecule has 0 unspecified atom stereocenters. The first-order valence-corrected chi connectivity index (χ1v) is 11.8. The van der Waals surface area contributed by atoms with Gasteiger partial charge in [0, 0.05) is 24.0 Å². The second-order valence-electron chi connectivity index (χ2n) is 8.71. The van der Waals surface area contributed by atoms with E-state index in [1.165, 1.54) is 42.5 Å². The molecule has 0 radical (unpaired) electrons. The number of nitrogen functional groups attached to an aromatic ring is 1. The molecule has 0 amide bonds. The third-order valence-electron chi connectivity index (χ3n) is 6.16. The van der Waals surface area contributed by atoms with E-state index in [1.807, 2.05) is 0 Å². The fourth-order valence-electron chi connectivity index (χ4n) is 4.09. The van der Waals surface area contributed by atoms with E-state index in [9.17, 15) is 37.4 Å². The Morgan fingerprint density at radius 2 is 1.27 bits per heavy atom. The molecule has 0 spiro atoms. The molecule has 0 atom stereocenters. The molecule has 0 aliphatic heterocycles. The minimum Gasteiger partial charge on any atom is -0.506 e. The van der Waals surface area contributed by atoms with Crippen molar-refractivity contribution in [2.75, 3.05) is 5.73 Å². The maximum absolute atomic E-state index is 14.4. The van der Waals surface area contributed by atoms with E-state index in [1.54, 1.807) is 12.1 Å². The first-order chi connectivity index (χ1) is 19.5. The first-order valence-electron chi connectivity index (χ1n) is 11.8. The molecule has 0 aliphatic carbocycles. The standard InChI is InChI=1S/C15H9F2NO3.C14H11F2NO3/c16-11-4-2-1-3-8(11)5-9-10(15(19)20)6-12-14(13(9)17)18-7-21-12;15-10-4-2-1-3-7(10)5-8-9(14(19)20)6-11(18)13(17)12(8)16/h1-4,6-7H,5H2,(H,19,20);1-4,6,18H,5,17H2,(H,19,20). The number of rotatable bonds is 6. The van der Waals surface area contributed by atoms with E-state index in [2.05, 4.69) is 4.98 Å². The van der Waals surface area contributed by atoms with Crippen LogP contribution in [0.1, 0.15) is 43.0 Å². The second-order valence-corrected chi connectivity index (χ2v) is 8.71. The zero-order valence-corrected chi connectivity index (χ0v) is 20.9. The quantitative estimate of drug-likeness (QED) is 0.112. The van der Waals surface area contributed by atoms with E-state index in [0.29, 0.717) is 0 Å². The van der Waals surface area contributed by atoms with Crippen molar-refractivity contribution in [2.45, 2.75) is 12.8 Å². The van der Waals surface area contributed by atoms with Gasteiger partial charge in [-0.05, 0) is 35.4 Å². The highest BCUT2D eigenvalue weighted by atomic mass is 19.1. The number of fused-ring (bicyclic) bond motifs is 1. The lowest BCUT2D eigenvalue weighted by atomic mass is 9.97. The van der Waals surface area contributed by atoms with Crippen LogP contribution in [0.2, 0.25) is 0 Å². The highest BCUT2D eigenvalue weighted by Crippen LogP contribution is 2.31. The van der Waals surface area contributed by atoms with Gasteiger partial charge < -0.3 is 25.5 Å². The molecule has 0 aliphatic rings. The fraction of sp³-hybridized carbons (Fsp3) is 0.0690. The van der Waals surface area contributed by atoms with Crippen LogP contribution in [-0.2, 0) is 12.8 Å². The first kappa shape index (κ1) is 28.6. The number of nitrogens with zero attached hydrogens (tertiary/aromatic N) is 1. The SMILES string of the molecule is Nc1c(O)cc(C(=O)O)c(Cc2ccccc2F)c1F.O=C(O)c1cc2ocnc2c(F)c1Cc1ccccc1F. The lowest BCUT2D eigenvalue weighted by Crippen LogP contribution is -2.09. The third-order valence-corrected chi connectivity index (χ3v) is 6.16. The van der Waals surface area contributed by atoms with Crippen molar-refractivity contribution < 1.29 is 46.9 Å². The molecule has 0 saturated carbocycles. The van der Waals surface area contributed by atoms with Gasteiger partial charge in [-0.3, -0.25) is 0 Å². The molecular formula is C29H20F4N2O6. The van der Waals surface area contributed by atoms with Crippen molar-refractivity contribution >= 4 is 28.7 Å². The van der Waals surface area contributed by atoms with E-state index >= 15 is 0 Å². The summed E-state index contributed by atoms with van der Waals surface area (Å²) >= 11 is 0. The van der Waals surface area contributed by atoms with Crippen LogP contribution in [0.3, 0.4) is 0 Å². The summed E-state index contributed by atoms with van der Waals surface area (Å²) < 4.78 is 60.7. The molecule has 12 heteroatoms. The number of phenolic OH excluding ortho intramolecular Hbond substituents is 1. The molecule has 1 heterocycles. The summed E-state index contributed by atoms with van der Waals surface area (Å²) in [7, 11) is 0. The maximum Gasteiger partial charge on any atom is 0.336 e. The summed E-state index contributed by atoms with van der Waals surface area (Å²) in [6.07, 6.45) is 0.583. The molecule has 5 aromatic rings. The molecule has 41 heavy (non-hydrogen) atoms. The average molecular weight is 568 g/mol. The molecule has 210 valence electrons. The molecule has 5 N–H and O–H groups in total. The number of aromatic nitrogens is 1. The van der Waals surface area contributed by atoms with Crippen molar-refractivity contribution in [1.82, 2.24) is 4.98 Å². The van der Waals surface area contributed by atoms with Crippen LogP contribution >= 0.6 is 0 Å². The van der Waals surface area contributed by atoms with Crippen LogP contribution < -0.4 is 5.73 Å². The highest BCUT2D eigenvalue weighted by Gasteiger charge is 2.23. The van der Waals surface area contributed by atoms with Gasteiger partial charge in [-0.1, -0.05) is 36.4 Å². The fourth-order valence-corrected chi connectivity index (χ4v) is 4.09. The number of phenols is 1. The van der Waals surface area contributed by atoms with Crippen LogP contribution in [-0.4, -0.2) is 32.2 Å². The minimum atomic E-state index is -1.43. The molecule has 0 bridgehead atoms. The normalized spacial score (nSPS) is 10.7. The highest BCUT2D eigenvalue weighted by molar-refractivity contribution is 5.94. The summed E-state index contributed by atoms with van der Waals surface area (Å²) in [6.45, 7) is 0. The van der Waals surface area contributed by atoms with Gasteiger partial charge >= 0.3 is 11.9 Å². The predicted octanol–water partition coefficient (Wildman–Crippen LogP) is 5.94. The number of halogens is 4. The number of benzene rings is 4. The van der Waals surface area contributed by atoms with Crippen molar-refractivity contribution in [3.05, 3.63) is 124 Å². The molecule has 0 saturated heterocycles. The van der Waals surface area contributed by atoms with Crippen LogP contribution in [0, 0.1) is 23.3 Å². The largest absolute Gasteiger partial charge is 0.506 e. The number of carbonyl (C=O) groups is 2. The summed E-state index contributed by atoms with van der Waals surface area (Å²) in [6, 6.07) is 13.5. The van der Waals surface area contributed by atoms with Gasteiger partial charge in [0.2, 0.25) is 0 Å². The van der Waals surface area contributed by atoms with E-state index < -0.39 is 52.2 Å². The number of carboxylic acids is 2. The number of anilines is 1. The summed E-state index contributed by atoms with van der Waals surface area (Å²) in [4.78, 5) is 26.1. The van der Waals surface area contributed by atoms with Gasteiger partial charge in [-0.15, -0.1) is 0 Å². The Morgan fingerprint density at radius 3 is 1.78 bits per heavy atom. The molecular weight excluding hydrogens is 548 g/mol. The molecule has 4 aromatic carbocycles. The van der Waals surface area contributed by atoms with E-state index in [4.69, 9.17) is 15.3 Å². The van der Waals surface area contributed by atoms with Gasteiger partial charge in [0.15, 0.2) is 23.6 Å². The minimum absolute atomic E-state index is 0.0437. The summed E-state index contributed by atoms with van der Waals surface area (Å²) in [5, 5.41) is 27.6. The summed E-state index contributed by atoms with van der Waals surface area (Å²) in [5.41, 5.74) is 4.01. The van der Waals surface area contributed by atoms with Gasteiger partial charge in [-0.25, -0.2) is 32.1 Å². The Kier molecular flexibility index (Phi) is 8.22. The zero-order chi connectivity index (χ0) is 29.8. The number of hydrogen-bond donors (Lipinski definition) is 4. The van der Waals surface area contributed by atoms with Crippen molar-refractivity contribution in [3.8, 4) is 5.75 Å². The Bertz CT molecular complexity index is 1790. The van der Waals surface area contributed by atoms with Gasteiger partial charge in [0.1, 0.15) is 28.6 Å². The topological polar surface area (TPSA) is 147 Å². The lowest BCUT2D eigenvalue weighted by molar-refractivity contribution is 0.0684. The van der Waals surface area contributed by atoms with Crippen LogP contribution in [0.4, 0.5) is 23.2 Å². The Hall–Kier alpha value is -5.39. The van der Waals surface area contributed by atoms with Crippen molar-refractivity contribution in [1.29, 1.82) is 0 Å². The molecule has 8 nitrogen and oxygen atoms in total. The van der Waals surface area contributed by atoms with Crippen molar-refractivity contribution in [2.24, 2.45) is 0 Å². The second kappa shape index (κ2) is 11.8. The van der Waals surface area contributed by atoms with Gasteiger partial charge in [-0.2, -0.15) is 0 Å². The smallest absolute Gasteiger partial charge is 0.336 e.